The van der Waals surface area contributed by atoms with E-state index >= 15 is 0 Å². The van der Waals surface area contributed by atoms with Crippen LogP contribution in [-0.4, -0.2) is 49.1 Å². The molecule has 1 saturated heterocycles. The average Bonchev–Trinajstić information content (AvgIpc) is 3.40. The van der Waals surface area contributed by atoms with Crippen LogP contribution in [0.3, 0.4) is 0 Å². The van der Waals surface area contributed by atoms with Gasteiger partial charge in [-0.3, -0.25) is 14.5 Å². The van der Waals surface area contributed by atoms with E-state index in [2.05, 4.69) is 89.6 Å². The number of rotatable bonds is 7. The lowest BCUT2D eigenvalue weighted by Crippen LogP contribution is -2.51. The number of fused-ring (bicyclic) bond motifs is 1. The average molecular weight is 581 g/mol. The van der Waals surface area contributed by atoms with Crippen LogP contribution in [-0.2, 0) is 13.6 Å². The van der Waals surface area contributed by atoms with Crippen LogP contribution in [0.15, 0.2) is 61.3 Å². The predicted molar refractivity (Wildman–Crippen MR) is 164 cm³/mol. The molecule has 1 N–H and O–H groups in total. The maximum Gasteiger partial charge on any atom is 0.257 e. The van der Waals surface area contributed by atoms with Gasteiger partial charge in [0.1, 0.15) is 29.9 Å². The van der Waals surface area contributed by atoms with Gasteiger partial charge in [-0.15, -0.1) is 0 Å². The van der Waals surface area contributed by atoms with Gasteiger partial charge in [-0.05, 0) is 54.5 Å². The quantitative estimate of drug-likeness (QED) is 0.294. The molecule has 1 amide bonds. The molecule has 216 valence electrons. The highest BCUT2D eigenvalue weighted by atomic mass is 28.4. The van der Waals surface area contributed by atoms with Crippen molar-refractivity contribution in [3.63, 3.8) is 0 Å². The van der Waals surface area contributed by atoms with E-state index in [1.807, 2.05) is 30.5 Å². The summed E-state index contributed by atoms with van der Waals surface area (Å²) in [6.45, 7) is 26.6. The van der Waals surface area contributed by atoms with Crippen LogP contribution in [0.4, 0.5) is 5.95 Å². The van der Waals surface area contributed by atoms with E-state index in [-0.39, 0.29) is 22.1 Å². The summed E-state index contributed by atoms with van der Waals surface area (Å²) < 4.78 is 22.2. The first-order chi connectivity index (χ1) is 18.4. The van der Waals surface area contributed by atoms with E-state index in [1.165, 1.54) is 6.33 Å². The third kappa shape index (κ3) is 5.95. The zero-order valence-corrected chi connectivity index (χ0v) is 27.5. The minimum Gasteiger partial charge on any atom is -0.485 e. The van der Waals surface area contributed by atoms with Gasteiger partial charge in [-0.1, -0.05) is 66.3 Å². The van der Waals surface area contributed by atoms with Gasteiger partial charge in [-0.25, -0.2) is 9.97 Å². The number of nitrogens with one attached hydrogen (secondary N) is 1. The Morgan fingerprint density at radius 3 is 2.17 bits per heavy atom. The lowest BCUT2D eigenvalue weighted by Gasteiger charge is -2.43. The molecule has 0 aliphatic carbocycles. The first kappa shape index (κ1) is 30.2. The molecule has 0 spiro atoms. The molecule has 3 atom stereocenters. The summed E-state index contributed by atoms with van der Waals surface area (Å²) in [4.78, 5) is 21.7. The van der Waals surface area contributed by atoms with Crippen molar-refractivity contribution in [3.8, 4) is 0 Å². The maximum absolute atomic E-state index is 12.9. The van der Waals surface area contributed by atoms with Crippen molar-refractivity contribution in [2.75, 3.05) is 5.32 Å². The second-order valence-corrected chi connectivity index (χ2v) is 23.2. The summed E-state index contributed by atoms with van der Waals surface area (Å²) in [5.74, 6) is 0.707. The number of hydrogen-bond donors (Lipinski definition) is 1. The molecule has 1 aliphatic rings. The third-order valence-electron chi connectivity index (χ3n) is 8.67. The molecule has 8 nitrogen and oxygen atoms in total. The fraction of sp³-hybridized carbons (Fsp3) is 0.500. The fourth-order valence-corrected chi connectivity index (χ4v) is 6.66. The van der Waals surface area contributed by atoms with Crippen LogP contribution in [0.25, 0.3) is 5.65 Å². The Bertz CT molecular complexity index is 1390. The van der Waals surface area contributed by atoms with Crippen molar-refractivity contribution in [3.05, 3.63) is 72.4 Å². The lowest BCUT2D eigenvalue weighted by molar-refractivity contribution is 0.0350. The number of nitrogens with zero attached hydrogens (tertiary/aromatic N) is 3. The van der Waals surface area contributed by atoms with Crippen molar-refractivity contribution >= 4 is 34.1 Å². The van der Waals surface area contributed by atoms with E-state index in [0.717, 1.165) is 5.56 Å². The third-order valence-corrected chi connectivity index (χ3v) is 17.6. The largest absolute Gasteiger partial charge is 0.485 e. The monoisotopic (exact) mass is 580 g/mol. The van der Waals surface area contributed by atoms with Crippen LogP contribution in [0.1, 0.15) is 63.6 Å². The minimum absolute atomic E-state index is 0.00511. The molecule has 3 heterocycles. The molecule has 2 aromatic heterocycles. The van der Waals surface area contributed by atoms with Crippen LogP contribution in [0, 0.1) is 0 Å². The van der Waals surface area contributed by atoms with E-state index in [9.17, 15) is 4.79 Å². The van der Waals surface area contributed by atoms with Gasteiger partial charge in [0.15, 0.2) is 22.7 Å². The van der Waals surface area contributed by atoms with Gasteiger partial charge >= 0.3 is 0 Å². The van der Waals surface area contributed by atoms with Crippen molar-refractivity contribution in [2.24, 2.45) is 0 Å². The van der Waals surface area contributed by atoms with E-state index in [1.54, 1.807) is 16.5 Å². The molecule has 1 aliphatic heterocycles. The molecular formula is C30H44N4O4Si2. The SMILES string of the molecule is C=C1O[C@@H](c2cc3ncnc(NC(=O)c4ccccc4)n3c2)[C@H](O[Si](C)(C)C(C)(C)C)[C@@H]1O[Si](C)(C)C(C)(C)C. The number of carbonyl (C=O) groups is 1. The van der Waals surface area contributed by atoms with Gasteiger partial charge in [0.2, 0.25) is 5.95 Å². The summed E-state index contributed by atoms with van der Waals surface area (Å²) in [7, 11) is -4.40. The number of anilines is 1. The van der Waals surface area contributed by atoms with Crippen LogP contribution in [0.5, 0.6) is 0 Å². The molecule has 1 aromatic carbocycles. The Balaban J connectivity index is 1.72. The van der Waals surface area contributed by atoms with Crippen LogP contribution in [0.2, 0.25) is 36.3 Å². The molecule has 1 fully saturated rings. The zero-order valence-electron chi connectivity index (χ0n) is 25.5. The second-order valence-electron chi connectivity index (χ2n) is 13.7. The Labute approximate surface area is 240 Å². The molecule has 0 bridgehead atoms. The molecular weight excluding hydrogens is 537 g/mol. The second kappa shape index (κ2) is 10.6. The predicted octanol–water partition coefficient (Wildman–Crippen LogP) is 7.35. The highest BCUT2D eigenvalue weighted by molar-refractivity contribution is 6.74. The van der Waals surface area contributed by atoms with Crippen molar-refractivity contribution in [1.82, 2.24) is 14.4 Å². The van der Waals surface area contributed by atoms with E-state index < -0.39 is 28.8 Å². The van der Waals surface area contributed by atoms with Crippen molar-refractivity contribution in [2.45, 2.75) is 96.1 Å². The zero-order chi connectivity index (χ0) is 29.7. The maximum atomic E-state index is 12.9. The molecule has 0 radical (unpaired) electrons. The summed E-state index contributed by atoms with van der Waals surface area (Å²) in [6.07, 6.45) is 2.13. The van der Waals surface area contributed by atoms with Crippen molar-refractivity contribution in [1.29, 1.82) is 0 Å². The lowest BCUT2D eigenvalue weighted by atomic mass is 10.1. The highest BCUT2D eigenvalue weighted by Gasteiger charge is 2.52. The van der Waals surface area contributed by atoms with E-state index in [0.29, 0.717) is 22.9 Å². The Morgan fingerprint density at radius 2 is 1.57 bits per heavy atom. The number of benzene rings is 1. The van der Waals surface area contributed by atoms with Gasteiger partial charge in [-0.2, -0.15) is 0 Å². The summed E-state index contributed by atoms with van der Waals surface area (Å²) in [5.41, 5.74) is 2.05. The Kier molecular flexibility index (Phi) is 7.96. The topological polar surface area (TPSA) is 87.0 Å². The number of amides is 1. The first-order valence-electron chi connectivity index (χ1n) is 13.8. The van der Waals surface area contributed by atoms with Gasteiger partial charge in [0, 0.05) is 17.3 Å². The summed E-state index contributed by atoms with van der Waals surface area (Å²) >= 11 is 0. The van der Waals surface area contributed by atoms with Crippen LogP contribution < -0.4 is 5.32 Å². The minimum atomic E-state index is -2.22. The number of hydrogen-bond acceptors (Lipinski definition) is 6. The number of carbonyl (C=O) groups excluding carboxylic acids is 1. The van der Waals surface area contributed by atoms with Gasteiger partial charge < -0.3 is 13.6 Å². The highest BCUT2D eigenvalue weighted by Crippen LogP contribution is 2.47. The first-order valence-corrected chi connectivity index (χ1v) is 19.6. The molecule has 4 rings (SSSR count). The van der Waals surface area contributed by atoms with E-state index in [4.69, 9.17) is 13.6 Å². The molecule has 0 unspecified atom stereocenters. The van der Waals surface area contributed by atoms with Gasteiger partial charge in [0.25, 0.3) is 5.91 Å². The molecule has 40 heavy (non-hydrogen) atoms. The summed E-state index contributed by atoms with van der Waals surface area (Å²) in [5, 5.41) is 2.92. The number of aromatic nitrogens is 3. The van der Waals surface area contributed by atoms with Crippen molar-refractivity contribution < 1.29 is 18.4 Å². The fourth-order valence-electron chi connectivity index (χ4n) is 4.12. The Hall–Kier alpha value is -2.80. The number of ether oxygens (including phenoxy) is 1. The van der Waals surface area contributed by atoms with Gasteiger partial charge in [0.05, 0.1) is 0 Å². The van der Waals surface area contributed by atoms with Crippen LogP contribution >= 0.6 is 0 Å². The normalized spacial score (nSPS) is 20.6. The molecule has 3 aromatic rings. The smallest absolute Gasteiger partial charge is 0.257 e. The molecule has 0 saturated carbocycles. The summed E-state index contributed by atoms with van der Waals surface area (Å²) in [6, 6.07) is 11.0. The molecule has 10 heteroatoms. The standard InChI is InChI=1S/C30H44N4O4Si2/c1-20-24(37-39(8,9)29(2,3)4)26(38-40(10,11)30(5,6)7)25(36-20)22-17-23-31-19-32-28(34(23)18-22)33-27(35)21-15-13-12-14-16-21/h12-19,24-26H,1H2,2-11H3,(H,31,32,33,35)/t24-,25+,26-/m1/s1. The Morgan fingerprint density at radius 1 is 0.975 bits per heavy atom.